The molecule has 1 N–H and O–H groups in total. The van der Waals surface area contributed by atoms with Crippen LogP contribution in [0.5, 0.6) is 5.75 Å². The highest BCUT2D eigenvalue weighted by atomic mass is 16.5. The summed E-state index contributed by atoms with van der Waals surface area (Å²) in [5, 5.41) is 8.25. The third-order valence-corrected chi connectivity index (χ3v) is 4.78. The third kappa shape index (κ3) is 4.02. The average molecular weight is 350 g/mol. The van der Waals surface area contributed by atoms with E-state index in [1.54, 1.807) is 23.3 Å². The Labute approximate surface area is 152 Å². The van der Waals surface area contributed by atoms with Crippen molar-refractivity contribution in [1.82, 2.24) is 20.1 Å². The summed E-state index contributed by atoms with van der Waals surface area (Å²) in [5.41, 5.74) is 0.975. The number of rotatable bonds is 5. The largest absolute Gasteiger partial charge is 0.490 e. The van der Waals surface area contributed by atoms with Gasteiger partial charge in [0.25, 0.3) is 0 Å². The van der Waals surface area contributed by atoms with Gasteiger partial charge in [-0.05, 0) is 56.0 Å². The van der Waals surface area contributed by atoms with Gasteiger partial charge in [0.2, 0.25) is 5.91 Å². The molecule has 1 saturated carbocycles. The molecule has 0 spiro atoms. The Morgan fingerprint density at radius 2 is 2.04 bits per heavy atom. The van der Waals surface area contributed by atoms with Gasteiger partial charge in [-0.25, -0.2) is 0 Å². The third-order valence-electron chi connectivity index (χ3n) is 4.78. The summed E-state index contributed by atoms with van der Waals surface area (Å²) in [6.07, 6.45) is 9.22. The minimum Gasteiger partial charge on any atom is -0.490 e. The Morgan fingerprint density at radius 3 is 2.85 bits per heavy atom. The summed E-state index contributed by atoms with van der Waals surface area (Å²) in [6.45, 7) is 0.272. The first kappa shape index (κ1) is 16.6. The highest BCUT2D eigenvalue weighted by molar-refractivity contribution is 5.79. The van der Waals surface area contributed by atoms with Gasteiger partial charge >= 0.3 is 0 Å². The van der Waals surface area contributed by atoms with Crippen molar-refractivity contribution in [2.24, 2.45) is 0 Å². The number of amides is 1. The van der Waals surface area contributed by atoms with E-state index in [1.165, 1.54) is 0 Å². The first-order valence-electron chi connectivity index (χ1n) is 9.04. The smallest absolute Gasteiger partial charge is 0.241 e. The number of hydrogen-bond donors (Lipinski definition) is 1. The van der Waals surface area contributed by atoms with Crippen LogP contribution in [-0.4, -0.2) is 32.8 Å². The van der Waals surface area contributed by atoms with Crippen LogP contribution in [-0.2, 0) is 11.3 Å². The lowest BCUT2D eigenvalue weighted by Gasteiger charge is -2.29. The number of fused-ring (bicyclic) bond motifs is 1. The van der Waals surface area contributed by atoms with Crippen LogP contribution in [0.1, 0.15) is 25.7 Å². The Balaban J connectivity index is 1.27. The fraction of sp³-hybridized carbons (Fsp3) is 0.350. The molecule has 1 aromatic carbocycles. The number of carbonyl (C=O) groups excluding carboxylic acids is 1. The molecule has 0 radical (unpaired) electrons. The van der Waals surface area contributed by atoms with Gasteiger partial charge in [0.15, 0.2) is 0 Å². The molecule has 1 aliphatic carbocycles. The van der Waals surface area contributed by atoms with Gasteiger partial charge in [0.05, 0.1) is 11.6 Å². The Hall–Kier alpha value is -2.89. The molecule has 0 atom stereocenters. The van der Waals surface area contributed by atoms with Gasteiger partial charge in [-0.1, -0.05) is 6.07 Å². The first-order valence-corrected chi connectivity index (χ1v) is 9.04. The average Bonchev–Trinajstić information content (AvgIpc) is 3.16. The predicted octanol–water partition coefficient (Wildman–Crippen LogP) is 2.94. The van der Waals surface area contributed by atoms with Gasteiger partial charge in [-0.2, -0.15) is 5.10 Å². The Morgan fingerprint density at radius 1 is 1.15 bits per heavy atom. The number of pyridine rings is 1. The molecule has 4 rings (SSSR count). The maximum Gasteiger partial charge on any atom is 0.241 e. The molecule has 6 nitrogen and oxygen atoms in total. The molecule has 0 saturated heterocycles. The minimum absolute atomic E-state index is 0.0140. The van der Waals surface area contributed by atoms with Crippen molar-refractivity contribution in [3.63, 3.8) is 0 Å². The Kier molecular flexibility index (Phi) is 4.82. The molecule has 134 valence electrons. The summed E-state index contributed by atoms with van der Waals surface area (Å²) in [7, 11) is 0. The molecular weight excluding hydrogens is 328 g/mol. The monoisotopic (exact) mass is 350 g/mol. The fourth-order valence-corrected chi connectivity index (χ4v) is 3.46. The van der Waals surface area contributed by atoms with Crippen LogP contribution >= 0.6 is 0 Å². The Bertz CT molecular complexity index is 870. The van der Waals surface area contributed by atoms with E-state index in [0.29, 0.717) is 0 Å². The van der Waals surface area contributed by atoms with E-state index in [2.05, 4.69) is 15.4 Å². The maximum absolute atomic E-state index is 12.1. The second-order valence-corrected chi connectivity index (χ2v) is 6.72. The van der Waals surface area contributed by atoms with Crippen LogP contribution in [0.4, 0.5) is 0 Å². The molecule has 1 amide bonds. The van der Waals surface area contributed by atoms with Crippen LogP contribution in [0, 0.1) is 0 Å². The van der Waals surface area contributed by atoms with Gasteiger partial charge in [0.1, 0.15) is 12.3 Å². The molecule has 2 aromatic heterocycles. The van der Waals surface area contributed by atoms with E-state index < -0.39 is 0 Å². The van der Waals surface area contributed by atoms with Crippen molar-refractivity contribution >= 4 is 16.8 Å². The molecule has 1 fully saturated rings. The molecule has 6 heteroatoms. The van der Waals surface area contributed by atoms with E-state index in [-0.39, 0.29) is 24.6 Å². The number of benzene rings is 1. The van der Waals surface area contributed by atoms with Gasteiger partial charge < -0.3 is 10.1 Å². The molecule has 1 aliphatic rings. The summed E-state index contributed by atoms with van der Waals surface area (Å²) >= 11 is 0. The maximum atomic E-state index is 12.1. The molecule has 0 unspecified atom stereocenters. The van der Waals surface area contributed by atoms with Crippen molar-refractivity contribution in [3.8, 4) is 5.75 Å². The van der Waals surface area contributed by atoms with Crippen molar-refractivity contribution in [2.45, 2.75) is 44.4 Å². The number of aromatic nitrogens is 3. The van der Waals surface area contributed by atoms with E-state index >= 15 is 0 Å². The van der Waals surface area contributed by atoms with Crippen molar-refractivity contribution < 1.29 is 9.53 Å². The summed E-state index contributed by atoms with van der Waals surface area (Å²) in [6, 6.07) is 12.0. The van der Waals surface area contributed by atoms with E-state index in [1.807, 2.05) is 36.4 Å². The highest BCUT2D eigenvalue weighted by Gasteiger charge is 2.23. The number of hydrogen-bond acceptors (Lipinski definition) is 4. The number of nitrogens with one attached hydrogen (secondary N) is 1. The topological polar surface area (TPSA) is 69.0 Å². The highest BCUT2D eigenvalue weighted by Crippen LogP contribution is 2.26. The molecular formula is C20H22N4O2. The second kappa shape index (κ2) is 7.56. The van der Waals surface area contributed by atoms with Crippen LogP contribution in [0.3, 0.4) is 0 Å². The molecule has 0 aliphatic heterocycles. The van der Waals surface area contributed by atoms with Gasteiger partial charge in [0, 0.05) is 30.0 Å². The molecule has 0 bridgehead atoms. The quantitative estimate of drug-likeness (QED) is 0.768. The van der Waals surface area contributed by atoms with E-state index in [0.717, 1.165) is 42.3 Å². The lowest BCUT2D eigenvalue weighted by atomic mass is 9.93. The SMILES string of the molecule is O=C(Cn1cccn1)NC1CCC(Oc2ccc3ncccc3c2)CC1. The predicted molar refractivity (Wildman–Crippen MR) is 98.8 cm³/mol. The van der Waals surface area contributed by atoms with Gasteiger partial charge in [-0.15, -0.1) is 0 Å². The second-order valence-electron chi connectivity index (χ2n) is 6.72. The zero-order valence-electron chi connectivity index (χ0n) is 14.5. The fourth-order valence-electron chi connectivity index (χ4n) is 3.46. The van der Waals surface area contributed by atoms with Crippen LogP contribution in [0.25, 0.3) is 10.9 Å². The zero-order chi connectivity index (χ0) is 17.8. The van der Waals surface area contributed by atoms with Crippen LogP contribution in [0.15, 0.2) is 55.0 Å². The summed E-state index contributed by atoms with van der Waals surface area (Å²) in [5.74, 6) is 0.900. The van der Waals surface area contributed by atoms with Crippen LogP contribution < -0.4 is 10.1 Å². The minimum atomic E-state index is 0.0140. The van der Waals surface area contributed by atoms with E-state index in [4.69, 9.17) is 4.74 Å². The summed E-state index contributed by atoms with van der Waals surface area (Å²) in [4.78, 5) is 16.4. The first-order chi connectivity index (χ1) is 12.8. The molecule has 2 heterocycles. The molecule has 3 aromatic rings. The normalized spacial score (nSPS) is 20.0. The van der Waals surface area contributed by atoms with Crippen molar-refractivity contribution in [2.75, 3.05) is 0 Å². The molecule has 26 heavy (non-hydrogen) atoms. The lowest BCUT2D eigenvalue weighted by Crippen LogP contribution is -2.41. The van der Waals surface area contributed by atoms with Crippen LogP contribution in [0.2, 0.25) is 0 Å². The number of ether oxygens (including phenoxy) is 1. The van der Waals surface area contributed by atoms with E-state index in [9.17, 15) is 4.79 Å². The summed E-state index contributed by atoms with van der Waals surface area (Å²) < 4.78 is 7.78. The van der Waals surface area contributed by atoms with Gasteiger partial charge in [-0.3, -0.25) is 14.5 Å². The number of carbonyl (C=O) groups is 1. The standard InChI is InChI=1S/C20H22N4O2/c25-20(14-24-12-2-11-22-24)23-16-4-6-17(7-5-16)26-18-8-9-19-15(13-18)3-1-10-21-19/h1-3,8-13,16-17H,4-7,14H2,(H,23,25). The van der Waals surface area contributed by atoms with Crippen molar-refractivity contribution in [3.05, 3.63) is 55.0 Å². The zero-order valence-corrected chi connectivity index (χ0v) is 14.5. The van der Waals surface area contributed by atoms with Crippen molar-refractivity contribution in [1.29, 1.82) is 0 Å². The lowest BCUT2D eigenvalue weighted by molar-refractivity contribution is -0.122. The number of nitrogens with zero attached hydrogens (tertiary/aromatic N) is 3.